The molecule has 106 valence electrons. The Labute approximate surface area is 116 Å². The van der Waals surface area contributed by atoms with Gasteiger partial charge >= 0.3 is 0 Å². The van der Waals surface area contributed by atoms with Crippen LogP contribution >= 0.6 is 0 Å². The van der Waals surface area contributed by atoms with Crippen molar-refractivity contribution in [1.29, 1.82) is 5.26 Å². The summed E-state index contributed by atoms with van der Waals surface area (Å²) in [6.07, 6.45) is -1.21. The first kappa shape index (κ1) is 14.1. The molecular weight excluding hydrogens is 262 g/mol. The average molecular weight is 277 g/mol. The molecule has 2 heterocycles. The highest BCUT2D eigenvalue weighted by Gasteiger charge is 2.41. The lowest BCUT2D eigenvalue weighted by atomic mass is 10.1. The molecule has 0 saturated carbocycles. The van der Waals surface area contributed by atoms with Crippen LogP contribution in [0.1, 0.15) is 38.0 Å². The summed E-state index contributed by atoms with van der Waals surface area (Å²) in [5.41, 5.74) is 0.521. The van der Waals surface area contributed by atoms with Gasteiger partial charge in [-0.15, -0.1) is 0 Å². The third kappa shape index (κ3) is 1.85. The van der Waals surface area contributed by atoms with Crippen LogP contribution in [0, 0.1) is 11.3 Å². The first-order valence-corrected chi connectivity index (χ1v) is 6.10. The third-order valence-corrected chi connectivity index (χ3v) is 3.17. The molecule has 20 heavy (non-hydrogen) atoms. The molecule has 0 aliphatic carbocycles. The molecule has 1 atom stereocenters. The van der Waals surface area contributed by atoms with Gasteiger partial charge in [0.1, 0.15) is 11.6 Å². The Hall–Kier alpha value is -2.33. The Balaban J connectivity index is 2.50. The second-order valence-corrected chi connectivity index (χ2v) is 4.78. The fourth-order valence-electron chi connectivity index (χ4n) is 2.12. The van der Waals surface area contributed by atoms with Gasteiger partial charge in [0, 0.05) is 11.5 Å². The number of ether oxygens (including phenoxy) is 1. The maximum absolute atomic E-state index is 12.2. The van der Waals surface area contributed by atoms with Crippen molar-refractivity contribution in [3.8, 4) is 6.07 Å². The summed E-state index contributed by atoms with van der Waals surface area (Å²) in [6, 6.07) is 1.97. The van der Waals surface area contributed by atoms with Crippen LogP contribution in [-0.4, -0.2) is 29.5 Å². The Morgan fingerprint density at radius 3 is 2.65 bits per heavy atom. The molecular formula is C13H15N3O4. The lowest BCUT2D eigenvalue weighted by Gasteiger charge is -2.18. The first-order chi connectivity index (χ1) is 9.43. The number of aliphatic hydroxyl groups excluding tert-OH is 1. The van der Waals surface area contributed by atoms with E-state index < -0.39 is 12.1 Å². The molecule has 1 aromatic heterocycles. The van der Waals surface area contributed by atoms with Crippen LogP contribution < -0.4 is 4.90 Å². The highest BCUT2D eigenvalue weighted by Crippen LogP contribution is 2.34. The molecule has 2 rings (SSSR count). The van der Waals surface area contributed by atoms with E-state index in [-0.39, 0.29) is 23.1 Å². The van der Waals surface area contributed by atoms with Crippen molar-refractivity contribution in [1.82, 2.24) is 5.16 Å². The van der Waals surface area contributed by atoms with Crippen molar-refractivity contribution < 1.29 is 19.2 Å². The van der Waals surface area contributed by atoms with Gasteiger partial charge in [0.25, 0.3) is 5.91 Å². The average Bonchev–Trinajstić information content (AvgIpc) is 2.90. The van der Waals surface area contributed by atoms with E-state index in [9.17, 15) is 15.2 Å². The van der Waals surface area contributed by atoms with E-state index >= 15 is 0 Å². The predicted octanol–water partition coefficient (Wildman–Crippen LogP) is 1.26. The maximum atomic E-state index is 12.2. The number of hydrogen-bond acceptors (Lipinski definition) is 6. The topological polar surface area (TPSA) is 99.6 Å². The summed E-state index contributed by atoms with van der Waals surface area (Å²) in [4.78, 5) is 13.2. The Kier molecular flexibility index (Phi) is 3.51. The van der Waals surface area contributed by atoms with Crippen LogP contribution in [0.4, 0.5) is 5.82 Å². The van der Waals surface area contributed by atoms with Gasteiger partial charge in [-0.3, -0.25) is 9.69 Å². The van der Waals surface area contributed by atoms with Gasteiger partial charge < -0.3 is 14.4 Å². The molecule has 0 fully saturated rings. The number of rotatable bonds is 3. The molecule has 1 N–H and O–H groups in total. The van der Waals surface area contributed by atoms with Crippen molar-refractivity contribution in [3.05, 3.63) is 22.7 Å². The number of aliphatic hydroxyl groups is 1. The molecule has 1 unspecified atom stereocenters. The zero-order chi connectivity index (χ0) is 15.0. The SMILES string of the molecule is COC1=C(C)C(O)N(c2noc(C(C)C)c2C#N)C1=O. The number of nitriles is 1. The number of methoxy groups -OCH3 is 1. The van der Waals surface area contributed by atoms with Gasteiger partial charge in [-0.1, -0.05) is 19.0 Å². The zero-order valence-electron chi connectivity index (χ0n) is 11.7. The van der Waals surface area contributed by atoms with Crippen molar-refractivity contribution in [2.75, 3.05) is 12.0 Å². The van der Waals surface area contributed by atoms with Crippen LogP contribution in [0.5, 0.6) is 0 Å². The summed E-state index contributed by atoms with van der Waals surface area (Å²) in [6.45, 7) is 5.27. The molecule has 0 spiro atoms. The molecule has 1 aliphatic rings. The molecule has 0 saturated heterocycles. The lowest BCUT2D eigenvalue weighted by molar-refractivity contribution is -0.118. The summed E-state index contributed by atoms with van der Waals surface area (Å²) < 4.78 is 10.1. The van der Waals surface area contributed by atoms with Gasteiger partial charge in [0.05, 0.1) is 7.11 Å². The Morgan fingerprint density at radius 2 is 2.20 bits per heavy atom. The Bertz CT molecular complexity index is 624. The molecule has 0 aromatic carbocycles. The number of carbonyl (C=O) groups excluding carboxylic acids is 1. The number of amides is 1. The van der Waals surface area contributed by atoms with Crippen LogP contribution in [0.15, 0.2) is 15.9 Å². The van der Waals surface area contributed by atoms with E-state index in [1.807, 2.05) is 19.9 Å². The first-order valence-electron chi connectivity index (χ1n) is 6.10. The molecule has 7 nitrogen and oxygen atoms in total. The number of anilines is 1. The molecule has 0 bridgehead atoms. The van der Waals surface area contributed by atoms with Crippen molar-refractivity contribution in [2.24, 2.45) is 0 Å². The number of aromatic nitrogens is 1. The quantitative estimate of drug-likeness (QED) is 0.892. The fourth-order valence-corrected chi connectivity index (χ4v) is 2.12. The number of carbonyl (C=O) groups is 1. The smallest absolute Gasteiger partial charge is 0.297 e. The monoisotopic (exact) mass is 277 g/mol. The molecule has 1 aliphatic heterocycles. The zero-order valence-corrected chi connectivity index (χ0v) is 11.7. The van der Waals surface area contributed by atoms with Gasteiger partial charge in [-0.05, 0) is 6.92 Å². The molecule has 1 amide bonds. The van der Waals surface area contributed by atoms with Crippen LogP contribution in [0.3, 0.4) is 0 Å². The molecule has 7 heteroatoms. The summed E-state index contributed by atoms with van der Waals surface area (Å²) in [5.74, 6) is -0.157. The fraction of sp³-hybridized carbons (Fsp3) is 0.462. The van der Waals surface area contributed by atoms with E-state index in [0.29, 0.717) is 11.3 Å². The highest BCUT2D eigenvalue weighted by molar-refractivity contribution is 6.08. The minimum Gasteiger partial charge on any atom is -0.491 e. The summed E-state index contributed by atoms with van der Waals surface area (Å²) in [7, 11) is 1.35. The maximum Gasteiger partial charge on any atom is 0.297 e. The standard InChI is InChI=1S/C13H15N3O4/c1-6(2)9-8(5-14)11(15-20-9)16-12(17)7(3)10(19-4)13(16)18/h6,12,17H,1-4H3. The normalized spacial score (nSPS) is 18.9. The van der Waals surface area contributed by atoms with Crippen molar-refractivity contribution in [2.45, 2.75) is 32.9 Å². The number of nitrogens with zero attached hydrogens (tertiary/aromatic N) is 3. The summed E-state index contributed by atoms with van der Waals surface area (Å²) >= 11 is 0. The number of hydrogen-bond donors (Lipinski definition) is 1. The van der Waals surface area contributed by atoms with Gasteiger partial charge in [-0.2, -0.15) is 5.26 Å². The van der Waals surface area contributed by atoms with E-state index in [1.54, 1.807) is 6.92 Å². The second kappa shape index (κ2) is 4.98. The minimum atomic E-state index is -1.21. The van der Waals surface area contributed by atoms with Gasteiger partial charge in [0.15, 0.2) is 23.6 Å². The van der Waals surface area contributed by atoms with Crippen LogP contribution in [0.25, 0.3) is 0 Å². The van der Waals surface area contributed by atoms with Crippen molar-refractivity contribution in [3.63, 3.8) is 0 Å². The van der Waals surface area contributed by atoms with E-state index in [4.69, 9.17) is 9.26 Å². The van der Waals surface area contributed by atoms with E-state index in [0.717, 1.165) is 4.90 Å². The second-order valence-electron chi connectivity index (χ2n) is 4.78. The van der Waals surface area contributed by atoms with E-state index in [2.05, 4.69) is 5.16 Å². The van der Waals surface area contributed by atoms with Crippen LogP contribution in [-0.2, 0) is 9.53 Å². The largest absolute Gasteiger partial charge is 0.491 e. The lowest BCUT2D eigenvalue weighted by Crippen LogP contribution is -2.36. The molecule has 0 radical (unpaired) electrons. The third-order valence-electron chi connectivity index (χ3n) is 3.17. The Morgan fingerprint density at radius 1 is 1.55 bits per heavy atom. The van der Waals surface area contributed by atoms with E-state index in [1.165, 1.54) is 7.11 Å². The van der Waals surface area contributed by atoms with Gasteiger partial charge in [-0.25, -0.2) is 0 Å². The summed E-state index contributed by atoms with van der Waals surface area (Å²) in [5, 5.41) is 23.1. The molecule has 1 aromatic rings. The predicted molar refractivity (Wildman–Crippen MR) is 68.5 cm³/mol. The van der Waals surface area contributed by atoms with Crippen LogP contribution in [0.2, 0.25) is 0 Å². The minimum absolute atomic E-state index is 0.0140. The highest BCUT2D eigenvalue weighted by atomic mass is 16.5. The van der Waals surface area contributed by atoms with Crippen molar-refractivity contribution >= 4 is 11.7 Å². The van der Waals surface area contributed by atoms with Gasteiger partial charge in [0.2, 0.25) is 0 Å².